The lowest BCUT2D eigenvalue weighted by atomic mass is 10.0. The lowest BCUT2D eigenvalue weighted by Gasteiger charge is -2.35. The third-order valence-corrected chi connectivity index (χ3v) is 6.51. The first-order valence-corrected chi connectivity index (χ1v) is 9.98. The second-order valence-electron chi connectivity index (χ2n) is 5.94. The van der Waals surface area contributed by atoms with Gasteiger partial charge in [0.15, 0.2) is 0 Å². The predicted octanol–water partition coefficient (Wildman–Crippen LogP) is 3.83. The van der Waals surface area contributed by atoms with Crippen LogP contribution < -0.4 is 0 Å². The van der Waals surface area contributed by atoms with Gasteiger partial charge in [-0.15, -0.1) is 0 Å². The zero-order chi connectivity index (χ0) is 18.3. The molecule has 1 saturated heterocycles. The summed E-state index contributed by atoms with van der Waals surface area (Å²) >= 11 is 11.8. The van der Waals surface area contributed by atoms with Gasteiger partial charge in [0.1, 0.15) is 0 Å². The van der Waals surface area contributed by atoms with Gasteiger partial charge in [0.05, 0.1) is 10.8 Å². The second kappa shape index (κ2) is 6.66. The summed E-state index contributed by atoms with van der Waals surface area (Å²) in [5.74, 6) is 0.724. The highest BCUT2D eigenvalue weighted by Gasteiger charge is 2.40. The van der Waals surface area contributed by atoms with E-state index in [2.05, 4.69) is 10.1 Å². The monoisotopic (exact) mass is 409 g/mol. The van der Waals surface area contributed by atoms with Gasteiger partial charge < -0.3 is 4.52 Å². The van der Waals surface area contributed by atoms with Crippen LogP contribution in [0.2, 0.25) is 10.0 Å². The first kappa shape index (κ1) is 17.5. The minimum absolute atomic E-state index is 0.127. The van der Waals surface area contributed by atoms with Crippen molar-refractivity contribution < 1.29 is 12.9 Å². The van der Waals surface area contributed by atoms with Crippen molar-refractivity contribution in [2.45, 2.75) is 10.8 Å². The molecule has 1 aliphatic heterocycles. The van der Waals surface area contributed by atoms with E-state index in [1.54, 1.807) is 30.3 Å². The molecule has 3 aromatic rings. The lowest BCUT2D eigenvalue weighted by Crippen LogP contribution is -2.48. The molecule has 9 heteroatoms. The van der Waals surface area contributed by atoms with Crippen LogP contribution in [0, 0.1) is 0 Å². The molecule has 0 radical (unpaired) electrons. The van der Waals surface area contributed by atoms with Gasteiger partial charge in [-0.2, -0.15) is 9.29 Å². The van der Waals surface area contributed by atoms with Crippen LogP contribution in [0.4, 0.5) is 0 Å². The fourth-order valence-electron chi connectivity index (χ4n) is 2.69. The molecule has 2 aromatic carbocycles. The molecule has 0 bridgehead atoms. The molecule has 6 nitrogen and oxygen atoms in total. The number of nitrogens with zero attached hydrogens (tertiary/aromatic N) is 3. The van der Waals surface area contributed by atoms with Crippen LogP contribution in [0.5, 0.6) is 0 Å². The zero-order valence-electron chi connectivity index (χ0n) is 13.3. The number of benzene rings is 2. The SMILES string of the molecule is O=S(=O)(c1ccc(Cl)cc1)N1CC(c2nc(-c3cccc(Cl)c3)no2)C1. The molecular weight excluding hydrogens is 397 g/mol. The Morgan fingerprint density at radius 1 is 1.04 bits per heavy atom. The van der Waals surface area contributed by atoms with Crippen LogP contribution in [-0.4, -0.2) is 36.0 Å². The standard InChI is InChI=1S/C17H13Cl2N3O3S/c18-13-4-6-15(7-5-13)26(23,24)22-9-12(10-22)17-20-16(21-25-17)11-2-1-3-14(19)8-11/h1-8,12H,9-10H2. The van der Waals surface area contributed by atoms with Gasteiger partial charge in [0, 0.05) is 28.7 Å². The Balaban J connectivity index is 1.47. The molecule has 4 rings (SSSR count). The van der Waals surface area contributed by atoms with Crippen LogP contribution in [0.3, 0.4) is 0 Å². The Morgan fingerprint density at radius 2 is 1.77 bits per heavy atom. The Morgan fingerprint density at radius 3 is 2.46 bits per heavy atom. The quantitative estimate of drug-likeness (QED) is 0.654. The summed E-state index contributed by atoms with van der Waals surface area (Å²) in [5.41, 5.74) is 0.748. The van der Waals surface area contributed by atoms with Gasteiger partial charge in [-0.25, -0.2) is 8.42 Å². The maximum atomic E-state index is 12.6. The van der Waals surface area contributed by atoms with Crippen LogP contribution >= 0.6 is 23.2 Å². The third-order valence-electron chi connectivity index (χ3n) is 4.17. The highest BCUT2D eigenvalue weighted by atomic mass is 35.5. The number of halogens is 2. The lowest BCUT2D eigenvalue weighted by molar-refractivity contribution is 0.217. The number of hydrogen-bond donors (Lipinski definition) is 0. The molecule has 2 heterocycles. The fraction of sp³-hybridized carbons (Fsp3) is 0.176. The summed E-state index contributed by atoms with van der Waals surface area (Å²) in [6, 6.07) is 13.2. The van der Waals surface area contributed by atoms with Gasteiger partial charge in [-0.3, -0.25) is 0 Å². The second-order valence-corrected chi connectivity index (χ2v) is 8.75. The largest absolute Gasteiger partial charge is 0.339 e. The average Bonchev–Trinajstić information content (AvgIpc) is 3.03. The Labute approximate surface area is 160 Å². The third kappa shape index (κ3) is 3.23. The summed E-state index contributed by atoms with van der Waals surface area (Å²) in [5, 5.41) is 5.03. The molecule has 0 aliphatic carbocycles. The first-order valence-electron chi connectivity index (χ1n) is 7.79. The van der Waals surface area contributed by atoms with Crippen molar-refractivity contribution in [1.82, 2.24) is 14.4 Å². The van der Waals surface area contributed by atoms with E-state index < -0.39 is 10.0 Å². The molecule has 1 aromatic heterocycles. The van der Waals surface area contributed by atoms with Crippen molar-refractivity contribution in [3.05, 3.63) is 64.5 Å². The topological polar surface area (TPSA) is 76.3 Å². The number of rotatable bonds is 4. The number of aromatic nitrogens is 2. The van der Waals surface area contributed by atoms with Crippen molar-refractivity contribution in [1.29, 1.82) is 0 Å². The highest BCUT2D eigenvalue weighted by molar-refractivity contribution is 7.89. The number of sulfonamides is 1. The summed E-state index contributed by atoms with van der Waals surface area (Å²) in [4.78, 5) is 4.58. The molecule has 0 atom stereocenters. The van der Waals surface area contributed by atoms with E-state index in [1.165, 1.54) is 16.4 Å². The van der Waals surface area contributed by atoms with E-state index in [9.17, 15) is 8.42 Å². The van der Waals surface area contributed by atoms with E-state index in [0.717, 1.165) is 5.56 Å². The molecule has 0 unspecified atom stereocenters. The summed E-state index contributed by atoms with van der Waals surface area (Å²) in [6.45, 7) is 0.588. The molecule has 0 amide bonds. The normalized spacial score (nSPS) is 15.8. The smallest absolute Gasteiger partial charge is 0.243 e. The van der Waals surface area contributed by atoms with Crippen molar-refractivity contribution in [3.8, 4) is 11.4 Å². The molecule has 0 spiro atoms. The Bertz CT molecular complexity index is 1050. The maximum absolute atomic E-state index is 12.6. The average molecular weight is 410 g/mol. The van der Waals surface area contributed by atoms with Crippen LogP contribution in [0.15, 0.2) is 57.9 Å². The Kier molecular flexibility index (Phi) is 4.48. The van der Waals surface area contributed by atoms with Crippen LogP contribution in [0.1, 0.15) is 11.8 Å². The van der Waals surface area contributed by atoms with Crippen molar-refractivity contribution in [2.75, 3.05) is 13.1 Å². The molecule has 134 valence electrons. The Hall–Kier alpha value is -1.93. The van der Waals surface area contributed by atoms with Crippen molar-refractivity contribution in [3.63, 3.8) is 0 Å². The van der Waals surface area contributed by atoms with E-state index in [1.807, 2.05) is 6.07 Å². The van der Waals surface area contributed by atoms with Gasteiger partial charge >= 0.3 is 0 Å². The number of hydrogen-bond acceptors (Lipinski definition) is 5. The van der Waals surface area contributed by atoms with E-state index in [0.29, 0.717) is 34.8 Å². The minimum Gasteiger partial charge on any atom is -0.339 e. The first-order chi connectivity index (χ1) is 12.4. The van der Waals surface area contributed by atoms with E-state index in [-0.39, 0.29) is 10.8 Å². The minimum atomic E-state index is -3.54. The molecular formula is C17H13Cl2N3O3S. The summed E-state index contributed by atoms with van der Waals surface area (Å²) in [7, 11) is -3.54. The van der Waals surface area contributed by atoms with Crippen LogP contribution in [-0.2, 0) is 10.0 Å². The van der Waals surface area contributed by atoms with Gasteiger partial charge in [0.2, 0.25) is 21.7 Å². The molecule has 0 saturated carbocycles. The van der Waals surface area contributed by atoms with Crippen molar-refractivity contribution in [2.24, 2.45) is 0 Å². The van der Waals surface area contributed by atoms with E-state index in [4.69, 9.17) is 27.7 Å². The van der Waals surface area contributed by atoms with Gasteiger partial charge in [0.25, 0.3) is 0 Å². The molecule has 1 aliphatic rings. The maximum Gasteiger partial charge on any atom is 0.243 e. The van der Waals surface area contributed by atoms with Crippen molar-refractivity contribution >= 4 is 33.2 Å². The van der Waals surface area contributed by atoms with Crippen LogP contribution in [0.25, 0.3) is 11.4 Å². The fourth-order valence-corrected chi connectivity index (χ4v) is 4.54. The van der Waals surface area contributed by atoms with Gasteiger partial charge in [-0.1, -0.05) is 40.5 Å². The van der Waals surface area contributed by atoms with Gasteiger partial charge in [-0.05, 0) is 36.4 Å². The molecule has 26 heavy (non-hydrogen) atoms. The molecule has 0 N–H and O–H groups in total. The van der Waals surface area contributed by atoms with E-state index >= 15 is 0 Å². The zero-order valence-corrected chi connectivity index (χ0v) is 15.7. The molecule has 1 fully saturated rings. The highest BCUT2D eigenvalue weighted by Crippen LogP contribution is 2.32. The summed E-state index contributed by atoms with van der Waals surface area (Å²) < 4.78 is 31.8. The summed E-state index contributed by atoms with van der Waals surface area (Å²) in [6.07, 6.45) is 0. The predicted molar refractivity (Wildman–Crippen MR) is 97.7 cm³/mol.